The summed E-state index contributed by atoms with van der Waals surface area (Å²) < 4.78 is 6.00. The normalized spacial score (nSPS) is 36.3. The Kier molecular flexibility index (Phi) is 3.63. The molecule has 3 saturated heterocycles. The molecule has 3 heterocycles. The molecule has 0 aromatic heterocycles. The Bertz CT molecular complexity index is 293. The third kappa shape index (κ3) is 2.57. The summed E-state index contributed by atoms with van der Waals surface area (Å²) >= 11 is 0. The van der Waals surface area contributed by atoms with Crippen LogP contribution in [0, 0.1) is 0 Å². The lowest BCUT2D eigenvalue weighted by molar-refractivity contribution is -0.0724. The van der Waals surface area contributed by atoms with Crippen molar-refractivity contribution < 1.29 is 4.74 Å². The second-order valence-electron chi connectivity index (χ2n) is 6.54. The van der Waals surface area contributed by atoms with Crippen molar-refractivity contribution in [2.45, 2.75) is 43.9 Å². The first-order valence-corrected chi connectivity index (χ1v) is 7.45. The molecule has 0 aromatic carbocycles. The predicted octanol–water partition coefficient (Wildman–Crippen LogP) is 0.533. The van der Waals surface area contributed by atoms with Gasteiger partial charge in [0.25, 0.3) is 0 Å². The summed E-state index contributed by atoms with van der Waals surface area (Å²) in [6.45, 7) is 8.73. The first-order chi connectivity index (χ1) is 8.66. The van der Waals surface area contributed by atoms with E-state index in [1.165, 1.54) is 32.4 Å². The standard InChI is InChI=1S/C14H27N3O/c1-14(10-15-11-14)18-8-7-17-6-5-12-3-4-13(9-17)16(12)2/h12-13,15H,3-11H2,1-2H3. The van der Waals surface area contributed by atoms with E-state index in [9.17, 15) is 0 Å². The van der Waals surface area contributed by atoms with Crippen molar-refractivity contribution in [2.75, 3.05) is 46.4 Å². The minimum atomic E-state index is 0.113. The van der Waals surface area contributed by atoms with Gasteiger partial charge in [0.15, 0.2) is 0 Å². The van der Waals surface area contributed by atoms with Gasteiger partial charge in [0, 0.05) is 38.3 Å². The number of fused-ring (bicyclic) bond motifs is 2. The summed E-state index contributed by atoms with van der Waals surface area (Å²) in [7, 11) is 2.31. The number of nitrogens with zero attached hydrogens (tertiary/aromatic N) is 2. The Labute approximate surface area is 111 Å². The Morgan fingerprint density at radius 2 is 2.00 bits per heavy atom. The van der Waals surface area contributed by atoms with Crippen molar-refractivity contribution in [3.05, 3.63) is 0 Å². The van der Waals surface area contributed by atoms with Crippen molar-refractivity contribution in [1.29, 1.82) is 0 Å². The van der Waals surface area contributed by atoms with E-state index in [4.69, 9.17) is 4.74 Å². The Morgan fingerprint density at radius 1 is 1.22 bits per heavy atom. The summed E-state index contributed by atoms with van der Waals surface area (Å²) in [6, 6.07) is 1.63. The molecule has 3 aliphatic heterocycles. The molecule has 0 aliphatic carbocycles. The van der Waals surface area contributed by atoms with Crippen LogP contribution in [0.15, 0.2) is 0 Å². The molecule has 2 atom stereocenters. The fourth-order valence-corrected chi connectivity index (χ4v) is 3.58. The van der Waals surface area contributed by atoms with Gasteiger partial charge in [-0.1, -0.05) is 0 Å². The van der Waals surface area contributed by atoms with Gasteiger partial charge in [0.05, 0.1) is 12.2 Å². The second-order valence-corrected chi connectivity index (χ2v) is 6.54. The fraction of sp³-hybridized carbons (Fsp3) is 1.00. The molecule has 0 radical (unpaired) electrons. The maximum Gasteiger partial charge on any atom is 0.0902 e. The van der Waals surface area contributed by atoms with E-state index >= 15 is 0 Å². The molecule has 3 fully saturated rings. The highest BCUT2D eigenvalue weighted by Gasteiger charge is 2.35. The first kappa shape index (κ1) is 12.9. The lowest BCUT2D eigenvalue weighted by Gasteiger charge is -2.39. The summed E-state index contributed by atoms with van der Waals surface area (Å²) in [4.78, 5) is 5.22. The van der Waals surface area contributed by atoms with Crippen LogP contribution in [-0.2, 0) is 4.74 Å². The van der Waals surface area contributed by atoms with Crippen LogP contribution in [0.1, 0.15) is 26.2 Å². The highest BCUT2D eigenvalue weighted by atomic mass is 16.5. The Morgan fingerprint density at radius 3 is 2.72 bits per heavy atom. The molecular weight excluding hydrogens is 226 g/mol. The topological polar surface area (TPSA) is 27.7 Å². The maximum absolute atomic E-state index is 6.00. The van der Waals surface area contributed by atoms with Gasteiger partial charge in [0.2, 0.25) is 0 Å². The highest BCUT2D eigenvalue weighted by Crippen LogP contribution is 2.28. The van der Waals surface area contributed by atoms with E-state index in [-0.39, 0.29) is 5.60 Å². The summed E-state index contributed by atoms with van der Waals surface area (Å²) in [5.41, 5.74) is 0.113. The van der Waals surface area contributed by atoms with Crippen molar-refractivity contribution >= 4 is 0 Å². The molecule has 4 nitrogen and oxygen atoms in total. The molecule has 0 amide bonds. The van der Waals surface area contributed by atoms with E-state index in [0.717, 1.165) is 38.3 Å². The van der Waals surface area contributed by atoms with Gasteiger partial charge in [-0.05, 0) is 39.8 Å². The van der Waals surface area contributed by atoms with Gasteiger partial charge >= 0.3 is 0 Å². The molecule has 0 saturated carbocycles. The summed E-state index contributed by atoms with van der Waals surface area (Å²) in [6.07, 6.45) is 4.14. The third-order valence-electron chi connectivity index (χ3n) is 5.09. The van der Waals surface area contributed by atoms with Crippen LogP contribution < -0.4 is 5.32 Å². The number of ether oxygens (including phenoxy) is 1. The summed E-state index contributed by atoms with van der Waals surface area (Å²) in [5, 5.41) is 3.28. The van der Waals surface area contributed by atoms with E-state index in [0.29, 0.717) is 0 Å². The second kappa shape index (κ2) is 5.08. The number of rotatable bonds is 4. The SMILES string of the molecule is CN1C2CCC1CN(CCOC1(C)CNC1)CC2. The van der Waals surface area contributed by atoms with Gasteiger partial charge in [-0.2, -0.15) is 0 Å². The lowest BCUT2D eigenvalue weighted by atomic mass is 10.0. The molecule has 3 rings (SSSR count). The molecule has 0 spiro atoms. The number of likely N-dealkylation sites (N-methyl/N-ethyl adjacent to an activating group) is 1. The molecule has 3 aliphatic rings. The molecule has 2 bridgehead atoms. The van der Waals surface area contributed by atoms with Crippen LogP contribution in [-0.4, -0.2) is 73.9 Å². The molecule has 2 unspecified atom stereocenters. The predicted molar refractivity (Wildman–Crippen MR) is 72.9 cm³/mol. The number of hydrogen-bond acceptors (Lipinski definition) is 4. The number of likely N-dealkylation sites (tertiary alicyclic amines) is 1. The molecular formula is C14H27N3O. The quantitative estimate of drug-likeness (QED) is 0.791. The third-order valence-corrected chi connectivity index (χ3v) is 5.09. The van der Waals surface area contributed by atoms with Crippen molar-refractivity contribution in [3.63, 3.8) is 0 Å². The average molecular weight is 253 g/mol. The maximum atomic E-state index is 6.00. The Hall–Kier alpha value is -0.160. The zero-order valence-electron chi connectivity index (χ0n) is 11.8. The van der Waals surface area contributed by atoms with Gasteiger partial charge in [-0.15, -0.1) is 0 Å². The zero-order valence-corrected chi connectivity index (χ0v) is 11.8. The van der Waals surface area contributed by atoms with Crippen LogP contribution in [0.2, 0.25) is 0 Å². The van der Waals surface area contributed by atoms with Crippen LogP contribution in [0.25, 0.3) is 0 Å². The van der Waals surface area contributed by atoms with E-state index < -0.39 is 0 Å². The van der Waals surface area contributed by atoms with Gasteiger partial charge < -0.3 is 10.1 Å². The lowest BCUT2D eigenvalue weighted by Crippen LogP contribution is -2.59. The summed E-state index contributed by atoms with van der Waals surface area (Å²) in [5.74, 6) is 0. The molecule has 18 heavy (non-hydrogen) atoms. The zero-order chi connectivity index (χ0) is 12.6. The van der Waals surface area contributed by atoms with E-state index in [1.54, 1.807) is 0 Å². The van der Waals surface area contributed by atoms with Crippen LogP contribution in [0.3, 0.4) is 0 Å². The minimum absolute atomic E-state index is 0.113. The smallest absolute Gasteiger partial charge is 0.0902 e. The van der Waals surface area contributed by atoms with E-state index in [1.807, 2.05) is 0 Å². The number of nitrogens with one attached hydrogen (secondary N) is 1. The van der Waals surface area contributed by atoms with Crippen LogP contribution in [0.5, 0.6) is 0 Å². The minimum Gasteiger partial charge on any atom is -0.371 e. The van der Waals surface area contributed by atoms with Crippen molar-refractivity contribution in [1.82, 2.24) is 15.1 Å². The van der Waals surface area contributed by atoms with Gasteiger partial charge in [-0.3, -0.25) is 9.80 Å². The highest BCUT2D eigenvalue weighted by molar-refractivity contribution is 4.92. The number of hydrogen-bond donors (Lipinski definition) is 1. The molecule has 4 heteroatoms. The van der Waals surface area contributed by atoms with Crippen molar-refractivity contribution in [2.24, 2.45) is 0 Å². The average Bonchev–Trinajstić information content (AvgIpc) is 2.54. The fourth-order valence-electron chi connectivity index (χ4n) is 3.58. The molecule has 104 valence electrons. The van der Waals surface area contributed by atoms with Crippen molar-refractivity contribution in [3.8, 4) is 0 Å². The molecule has 0 aromatic rings. The largest absolute Gasteiger partial charge is 0.371 e. The first-order valence-electron chi connectivity index (χ1n) is 7.45. The van der Waals surface area contributed by atoms with E-state index in [2.05, 4.69) is 29.1 Å². The van der Waals surface area contributed by atoms with Gasteiger partial charge in [-0.25, -0.2) is 0 Å². The van der Waals surface area contributed by atoms with Crippen LogP contribution >= 0.6 is 0 Å². The Balaban J connectivity index is 1.43. The monoisotopic (exact) mass is 253 g/mol. The van der Waals surface area contributed by atoms with Gasteiger partial charge in [0.1, 0.15) is 0 Å². The van der Waals surface area contributed by atoms with Crippen LogP contribution in [0.4, 0.5) is 0 Å². The molecule has 1 N–H and O–H groups in total.